The SMILES string of the molecule is Cc1ccc(OC(=O)c2ccc(-c3ccc(C)c(F)c3F)cc2)cn1. The molecule has 1 heterocycles. The van der Waals surface area contributed by atoms with Crippen LogP contribution in [-0.2, 0) is 0 Å². The number of ether oxygens (including phenoxy) is 1. The Morgan fingerprint density at radius 3 is 2.28 bits per heavy atom. The van der Waals surface area contributed by atoms with Crippen molar-refractivity contribution in [2.45, 2.75) is 13.8 Å². The molecule has 0 atom stereocenters. The molecule has 0 saturated heterocycles. The van der Waals surface area contributed by atoms with E-state index in [0.717, 1.165) is 5.69 Å². The molecule has 3 rings (SSSR count). The predicted octanol–water partition coefficient (Wildman–Crippen LogP) is 4.86. The Bertz CT molecular complexity index is 920. The van der Waals surface area contributed by atoms with Gasteiger partial charge in [-0.15, -0.1) is 0 Å². The fourth-order valence-corrected chi connectivity index (χ4v) is 2.34. The molecular weight excluding hydrogens is 324 g/mol. The Hall–Kier alpha value is -3.08. The van der Waals surface area contributed by atoms with Gasteiger partial charge in [0.15, 0.2) is 11.6 Å². The maximum atomic E-state index is 14.1. The first-order valence-electron chi connectivity index (χ1n) is 7.65. The average Bonchev–Trinajstić information content (AvgIpc) is 2.62. The van der Waals surface area contributed by atoms with Gasteiger partial charge in [-0.25, -0.2) is 13.6 Å². The van der Waals surface area contributed by atoms with Crippen LogP contribution in [0.15, 0.2) is 54.7 Å². The molecule has 25 heavy (non-hydrogen) atoms. The molecule has 0 unspecified atom stereocenters. The van der Waals surface area contributed by atoms with Crippen molar-refractivity contribution >= 4 is 5.97 Å². The fraction of sp³-hybridized carbons (Fsp3) is 0.100. The van der Waals surface area contributed by atoms with Crippen molar-refractivity contribution < 1.29 is 18.3 Å². The molecule has 0 spiro atoms. The van der Waals surface area contributed by atoms with Crippen molar-refractivity contribution in [1.82, 2.24) is 4.98 Å². The van der Waals surface area contributed by atoms with Gasteiger partial charge in [-0.1, -0.05) is 24.3 Å². The Kier molecular flexibility index (Phi) is 4.57. The van der Waals surface area contributed by atoms with Crippen LogP contribution in [0, 0.1) is 25.5 Å². The molecule has 0 saturated carbocycles. The van der Waals surface area contributed by atoms with Crippen LogP contribution in [0.2, 0.25) is 0 Å². The first kappa shape index (κ1) is 16.8. The molecule has 0 aliphatic rings. The smallest absolute Gasteiger partial charge is 0.343 e. The van der Waals surface area contributed by atoms with E-state index in [4.69, 9.17) is 4.74 Å². The van der Waals surface area contributed by atoms with Crippen LogP contribution in [0.3, 0.4) is 0 Å². The van der Waals surface area contributed by atoms with E-state index in [-0.39, 0.29) is 11.1 Å². The summed E-state index contributed by atoms with van der Waals surface area (Å²) in [5.41, 5.74) is 1.98. The van der Waals surface area contributed by atoms with Gasteiger partial charge in [-0.2, -0.15) is 0 Å². The van der Waals surface area contributed by atoms with Crippen LogP contribution in [-0.4, -0.2) is 11.0 Å². The third kappa shape index (κ3) is 3.55. The van der Waals surface area contributed by atoms with Gasteiger partial charge in [0.1, 0.15) is 5.75 Å². The molecule has 0 aliphatic carbocycles. The minimum atomic E-state index is -0.902. The monoisotopic (exact) mass is 339 g/mol. The van der Waals surface area contributed by atoms with Crippen LogP contribution in [0.5, 0.6) is 5.75 Å². The highest BCUT2D eigenvalue weighted by Crippen LogP contribution is 2.26. The molecule has 3 aromatic rings. The standard InChI is InChI=1S/C20H15F2NO2/c1-12-3-10-17(19(22)18(12)21)14-5-7-15(8-6-14)20(24)25-16-9-4-13(2)23-11-16/h3-11H,1-2H3. The van der Waals surface area contributed by atoms with Gasteiger partial charge >= 0.3 is 5.97 Å². The first-order valence-corrected chi connectivity index (χ1v) is 7.65. The number of carbonyl (C=O) groups is 1. The molecule has 0 aliphatic heterocycles. The summed E-state index contributed by atoms with van der Waals surface area (Å²) in [6.45, 7) is 3.33. The topological polar surface area (TPSA) is 39.2 Å². The fourth-order valence-electron chi connectivity index (χ4n) is 2.34. The first-order chi connectivity index (χ1) is 12.0. The average molecular weight is 339 g/mol. The number of aromatic nitrogens is 1. The lowest BCUT2D eigenvalue weighted by atomic mass is 10.0. The summed E-state index contributed by atoms with van der Waals surface area (Å²) in [6, 6.07) is 12.5. The van der Waals surface area contributed by atoms with Gasteiger partial charge in [-0.3, -0.25) is 4.98 Å². The van der Waals surface area contributed by atoms with Crippen LogP contribution >= 0.6 is 0 Å². The van der Waals surface area contributed by atoms with Crippen LogP contribution in [0.4, 0.5) is 8.78 Å². The van der Waals surface area contributed by atoms with Crippen molar-refractivity contribution in [2.75, 3.05) is 0 Å². The third-order valence-corrected chi connectivity index (χ3v) is 3.80. The van der Waals surface area contributed by atoms with E-state index in [2.05, 4.69) is 4.98 Å². The molecular formula is C20H15F2NO2. The highest BCUT2D eigenvalue weighted by Gasteiger charge is 2.14. The summed E-state index contributed by atoms with van der Waals surface area (Å²) in [5, 5.41) is 0. The van der Waals surface area contributed by atoms with Crippen molar-refractivity contribution in [3.63, 3.8) is 0 Å². The third-order valence-electron chi connectivity index (χ3n) is 3.80. The second kappa shape index (κ2) is 6.81. The van der Waals surface area contributed by atoms with Gasteiger partial charge in [0.25, 0.3) is 0 Å². The molecule has 0 N–H and O–H groups in total. The second-order valence-electron chi connectivity index (χ2n) is 5.66. The summed E-state index contributed by atoms with van der Waals surface area (Å²) < 4.78 is 33.0. The lowest BCUT2D eigenvalue weighted by Gasteiger charge is -2.08. The quantitative estimate of drug-likeness (QED) is 0.640. The molecule has 126 valence electrons. The lowest BCUT2D eigenvalue weighted by molar-refractivity contribution is 0.0734. The summed E-state index contributed by atoms with van der Waals surface area (Å²) in [4.78, 5) is 16.2. The Labute approximate surface area is 143 Å². The number of benzene rings is 2. The largest absolute Gasteiger partial charge is 0.421 e. The maximum absolute atomic E-state index is 14.1. The molecule has 0 fully saturated rings. The number of nitrogens with zero attached hydrogens (tertiary/aromatic N) is 1. The summed E-state index contributed by atoms with van der Waals surface area (Å²) in [7, 11) is 0. The molecule has 0 bridgehead atoms. The van der Waals surface area contributed by atoms with E-state index in [0.29, 0.717) is 16.9 Å². The number of halogens is 2. The summed E-state index contributed by atoms with van der Waals surface area (Å²) in [6.07, 6.45) is 1.46. The van der Waals surface area contributed by atoms with Crippen LogP contribution in [0.25, 0.3) is 11.1 Å². The minimum absolute atomic E-state index is 0.144. The molecule has 0 radical (unpaired) electrons. The normalized spacial score (nSPS) is 10.6. The summed E-state index contributed by atoms with van der Waals surface area (Å²) >= 11 is 0. The van der Waals surface area contributed by atoms with E-state index in [1.54, 1.807) is 24.3 Å². The van der Waals surface area contributed by atoms with Crippen LogP contribution < -0.4 is 4.74 Å². The molecule has 3 nitrogen and oxygen atoms in total. The van der Waals surface area contributed by atoms with E-state index in [1.165, 1.54) is 37.4 Å². The lowest BCUT2D eigenvalue weighted by Crippen LogP contribution is -2.08. The van der Waals surface area contributed by atoms with Gasteiger partial charge in [0, 0.05) is 11.3 Å². The Balaban J connectivity index is 1.81. The Morgan fingerprint density at radius 2 is 1.64 bits per heavy atom. The van der Waals surface area contributed by atoms with E-state index < -0.39 is 17.6 Å². The van der Waals surface area contributed by atoms with E-state index >= 15 is 0 Å². The number of esters is 1. The van der Waals surface area contributed by atoms with E-state index in [9.17, 15) is 13.6 Å². The minimum Gasteiger partial charge on any atom is -0.421 e. The number of aryl methyl sites for hydroxylation is 2. The molecule has 1 aromatic heterocycles. The number of pyridine rings is 1. The van der Waals surface area contributed by atoms with Crippen molar-refractivity contribution in [1.29, 1.82) is 0 Å². The highest BCUT2D eigenvalue weighted by molar-refractivity contribution is 5.91. The Morgan fingerprint density at radius 1 is 0.920 bits per heavy atom. The molecule has 5 heteroatoms. The zero-order chi connectivity index (χ0) is 18.0. The van der Waals surface area contributed by atoms with Gasteiger partial charge in [0.2, 0.25) is 0 Å². The van der Waals surface area contributed by atoms with Crippen molar-refractivity contribution in [3.8, 4) is 16.9 Å². The highest BCUT2D eigenvalue weighted by atomic mass is 19.2. The zero-order valence-corrected chi connectivity index (χ0v) is 13.7. The summed E-state index contributed by atoms with van der Waals surface area (Å²) in [5.74, 6) is -1.98. The van der Waals surface area contributed by atoms with E-state index in [1.807, 2.05) is 6.92 Å². The van der Waals surface area contributed by atoms with Crippen molar-refractivity contribution in [3.05, 3.63) is 83.2 Å². The van der Waals surface area contributed by atoms with Gasteiger partial charge < -0.3 is 4.74 Å². The zero-order valence-electron chi connectivity index (χ0n) is 13.7. The van der Waals surface area contributed by atoms with Gasteiger partial charge in [0.05, 0.1) is 11.8 Å². The molecule has 0 amide bonds. The number of hydrogen-bond donors (Lipinski definition) is 0. The number of hydrogen-bond acceptors (Lipinski definition) is 3. The van der Waals surface area contributed by atoms with Gasteiger partial charge in [-0.05, 0) is 49.2 Å². The van der Waals surface area contributed by atoms with Crippen LogP contribution in [0.1, 0.15) is 21.6 Å². The molecule has 2 aromatic carbocycles. The number of rotatable bonds is 3. The predicted molar refractivity (Wildman–Crippen MR) is 90.5 cm³/mol. The maximum Gasteiger partial charge on any atom is 0.343 e. The second-order valence-corrected chi connectivity index (χ2v) is 5.66. The van der Waals surface area contributed by atoms with Crippen molar-refractivity contribution in [2.24, 2.45) is 0 Å². The number of carbonyl (C=O) groups excluding carboxylic acids is 1.